The van der Waals surface area contributed by atoms with Gasteiger partial charge in [-0.1, -0.05) is 0 Å². The van der Waals surface area contributed by atoms with Crippen LogP contribution in [-0.4, -0.2) is 35.0 Å². The minimum Gasteiger partial charge on any atom is -0.481 e. The third-order valence-corrected chi connectivity index (χ3v) is 5.76. The van der Waals surface area contributed by atoms with Crippen LogP contribution in [0.15, 0.2) is 5.38 Å². The summed E-state index contributed by atoms with van der Waals surface area (Å²) in [6.45, 7) is 2.85. The van der Waals surface area contributed by atoms with Crippen LogP contribution in [0.3, 0.4) is 0 Å². The first kappa shape index (κ1) is 12.8. The molecule has 1 aromatic heterocycles. The Balaban J connectivity index is 2.12. The van der Waals surface area contributed by atoms with Crippen LogP contribution in [0.5, 0.6) is 0 Å². The van der Waals surface area contributed by atoms with Crippen molar-refractivity contribution in [3.8, 4) is 0 Å². The van der Waals surface area contributed by atoms with E-state index in [9.17, 15) is 9.59 Å². The monoisotopic (exact) mass is 365 g/mol. The van der Waals surface area contributed by atoms with Gasteiger partial charge in [0.15, 0.2) is 0 Å². The van der Waals surface area contributed by atoms with Gasteiger partial charge in [0, 0.05) is 16.7 Å². The van der Waals surface area contributed by atoms with Crippen LogP contribution in [0.25, 0.3) is 0 Å². The van der Waals surface area contributed by atoms with Crippen molar-refractivity contribution in [1.29, 1.82) is 0 Å². The van der Waals surface area contributed by atoms with Crippen LogP contribution in [0, 0.1) is 16.4 Å². The fraction of sp³-hybridized carbons (Fsp3) is 0.455. The van der Waals surface area contributed by atoms with E-state index < -0.39 is 11.9 Å². The molecule has 0 spiro atoms. The Bertz CT molecular complexity index is 471. The van der Waals surface area contributed by atoms with E-state index in [-0.39, 0.29) is 5.91 Å². The quantitative estimate of drug-likeness (QED) is 0.818. The molecule has 0 aromatic carbocycles. The molecule has 0 bridgehead atoms. The van der Waals surface area contributed by atoms with Gasteiger partial charge in [-0.25, -0.2) is 0 Å². The zero-order valence-corrected chi connectivity index (χ0v) is 12.2. The number of halogens is 1. The summed E-state index contributed by atoms with van der Waals surface area (Å²) in [5, 5.41) is 10.9. The number of rotatable bonds is 2. The van der Waals surface area contributed by atoms with Crippen LogP contribution < -0.4 is 0 Å². The maximum Gasteiger partial charge on any atom is 0.308 e. The molecule has 1 aromatic rings. The number of thiophene rings is 1. The third-order valence-electron chi connectivity index (χ3n) is 2.92. The SMILES string of the molecule is Cc1csc(C(=O)N2CCC(C(=O)O)C2)c1I. The van der Waals surface area contributed by atoms with E-state index in [1.165, 1.54) is 11.3 Å². The topological polar surface area (TPSA) is 57.6 Å². The molecule has 1 atom stereocenters. The molecule has 1 aliphatic heterocycles. The highest BCUT2D eigenvalue weighted by molar-refractivity contribution is 14.1. The minimum atomic E-state index is -0.808. The molecule has 6 heteroatoms. The van der Waals surface area contributed by atoms with Crippen molar-refractivity contribution in [1.82, 2.24) is 4.90 Å². The molecule has 1 fully saturated rings. The van der Waals surface area contributed by atoms with E-state index >= 15 is 0 Å². The Morgan fingerprint density at radius 3 is 2.76 bits per heavy atom. The predicted octanol–water partition coefficient (Wildman–Crippen LogP) is 2.21. The van der Waals surface area contributed by atoms with E-state index in [2.05, 4.69) is 22.6 Å². The van der Waals surface area contributed by atoms with Crippen LogP contribution in [0.1, 0.15) is 21.7 Å². The van der Waals surface area contributed by atoms with E-state index in [1.807, 2.05) is 12.3 Å². The first-order chi connectivity index (χ1) is 8.00. The number of hydrogen-bond donors (Lipinski definition) is 1. The molecule has 1 unspecified atom stereocenters. The maximum atomic E-state index is 12.2. The van der Waals surface area contributed by atoms with Gasteiger partial charge in [0.1, 0.15) is 4.88 Å². The fourth-order valence-corrected chi connectivity index (χ4v) is 3.75. The molecule has 92 valence electrons. The number of hydrogen-bond acceptors (Lipinski definition) is 3. The second-order valence-electron chi connectivity index (χ2n) is 4.14. The van der Waals surface area contributed by atoms with Crippen molar-refractivity contribution in [3.05, 3.63) is 19.4 Å². The molecule has 2 heterocycles. The van der Waals surface area contributed by atoms with E-state index in [0.29, 0.717) is 19.5 Å². The molecular formula is C11H12INO3S. The molecule has 1 N–H and O–H groups in total. The standard InChI is InChI=1S/C11H12INO3S/c1-6-5-17-9(8(6)12)10(14)13-3-2-7(4-13)11(15)16/h5,7H,2-4H2,1H3,(H,15,16). The van der Waals surface area contributed by atoms with Crippen molar-refractivity contribution in [3.63, 3.8) is 0 Å². The van der Waals surface area contributed by atoms with Gasteiger partial charge in [0.05, 0.1) is 5.92 Å². The lowest BCUT2D eigenvalue weighted by Gasteiger charge is -2.14. The zero-order chi connectivity index (χ0) is 12.6. The Kier molecular flexibility index (Phi) is 3.72. The van der Waals surface area contributed by atoms with Crippen LogP contribution in [0.2, 0.25) is 0 Å². The van der Waals surface area contributed by atoms with Crippen molar-refractivity contribution in [2.24, 2.45) is 5.92 Å². The molecule has 0 aliphatic carbocycles. The molecule has 0 radical (unpaired) electrons. The lowest BCUT2D eigenvalue weighted by molar-refractivity contribution is -0.141. The normalized spacial score (nSPS) is 19.6. The van der Waals surface area contributed by atoms with Gasteiger partial charge < -0.3 is 10.0 Å². The first-order valence-electron chi connectivity index (χ1n) is 5.26. The average molecular weight is 365 g/mol. The number of nitrogens with zero attached hydrogens (tertiary/aromatic N) is 1. The van der Waals surface area contributed by atoms with Crippen molar-refractivity contribution in [2.45, 2.75) is 13.3 Å². The second-order valence-corrected chi connectivity index (χ2v) is 6.10. The lowest BCUT2D eigenvalue weighted by atomic mass is 10.1. The molecule has 1 aliphatic rings. The van der Waals surface area contributed by atoms with Crippen LogP contribution in [-0.2, 0) is 4.79 Å². The Morgan fingerprint density at radius 1 is 1.59 bits per heavy atom. The molecule has 4 nitrogen and oxygen atoms in total. The van der Waals surface area contributed by atoms with Gasteiger partial charge in [-0.3, -0.25) is 9.59 Å². The number of carboxylic acid groups (broad SMARTS) is 1. The summed E-state index contributed by atoms with van der Waals surface area (Å²) in [7, 11) is 0. The summed E-state index contributed by atoms with van der Waals surface area (Å²) in [5.74, 6) is -1.24. The third kappa shape index (κ3) is 2.47. The highest BCUT2D eigenvalue weighted by Gasteiger charge is 2.32. The van der Waals surface area contributed by atoms with Gasteiger partial charge in [0.25, 0.3) is 5.91 Å². The van der Waals surface area contributed by atoms with E-state index in [0.717, 1.165) is 14.0 Å². The van der Waals surface area contributed by atoms with Gasteiger partial charge in [-0.15, -0.1) is 11.3 Å². The van der Waals surface area contributed by atoms with Crippen molar-refractivity contribution < 1.29 is 14.7 Å². The fourth-order valence-electron chi connectivity index (χ4n) is 1.86. The molecule has 2 rings (SSSR count). The lowest BCUT2D eigenvalue weighted by Crippen LogP contribution is -2.29. The molecule has 1 amide bonds. The second kappa shape index (κ2) is 4.93. The summed E-state index contributed by atoms with van der Waals surface area (Å²) in [6, 6.07) is 0. The summed E-state index contributed by atoms with van der Waals surface area (Å²) >= 11 is 3.60. The number of carbonyl (C=O) groups excluding carboxylic acids is 1. The van der Waals surface area contributed by atoms with Crippen molar-refractivity contribution in [2.75, 3.05) is 13.1 Å². The minimum absolute atomic E-state index is 0.0312. The van der Waals surface area contributed by atoms with Crippen molar-refractivity contribution >= 4 is 45.8 Å². The number of carbonyl (C=O) groups is 2. The van der Waals surface area contributed by atoms with Gasteiger partial charge in [0.2, 0.25) is 0 Å². The summed E-state index contributed by atoms with van der Waals surface area (Å²) in [5.41, 5.74) is 1.10. The number of likely N-dealkylation sites (tertiary alicyclic amines) is 1. The average Bonchev–Trinajstić information content (AvgIpc) is 2.87. The molecular weight excluding hydrogens is 353 g/mol. The summed E-state index contributed by atoms with van der Waals surface area (Å²) in [6.07, 6.45) is 0.558. The smallest absolute Gasteiger partial charge is 0.308 e. The van der Waals surface area contributed by atoms with E-state index in [4.69, 9.17) is 5.11 Å². The first-order valence-corrected chi connectivity index (χ1v) is 7.22. The molecule has 17 heavy (non-hydrogen) atoms. The summed E-state index contributed by atoms with van der Waals surface area (Å²) in [4.78, 5) is 25.4. The van der Waals surface area contributed by atoms with Gasteiger partial charge in [-0.2, -0.15) is 0 Å². The highest BCUT2D eigenvalue weighted by Crippen LogP contribution is 2.27. The number of aliphatic carboxylic acids is 1. The van der Waals surface area contributed by atoms with Gasteiger partial charge in [-0.05, 0) is 46.9 Å². The maximum absolute atomic E-state index is 12.2. The predicted molar refractivity (Wildman–Crippen MR) is 73.4 cm³/mol. The molecule has 0 saturated carbocycles. The number of carboxylic acids is 1. The zero-order valence-electron chi connectivity index (χ0n) is 9.27. The van der Waals surface area contributed by atoms with E-state index in [1.54, 1.807) is 4.90 Å². The highest BCUT2D eigenvalue weighted by atomic mass is 127. The number of amides is 1. The Labute approximate surface area is 117 Å². The van der Waals surface area contributed by atoms with Gasteiger partial charge >= 0.3 is 5.97 Å². The van der Waals surface area contributed by atoms with Crippen LogP contribution >= 0.6 is 33.9 Å². The Hall–Kier alpha value is -0.630. The van der Waals surface area contributed by atoms with Crippen LogP contribution in [0.4, 0.5) is 0 Å². The molecule has 1 saturated heterocycles. The Morgan fingerprint density at radius 2 is 2.29 bits per heavy atom. The number of aryl methyl sites for hydroxylation is 1. The summed E-state index contributed by atoms with van der Waals surface area (Å²) < 4.78 is 0.983. The largest absolute Gasteiger partial charge is 0.481 e.